The van der Waals surface area contributed by atoms with E-state index in [2.05, 4.69) is 0 Å². The molecular weight excluding hydrogens is 436 g/mol. The Bertz CT molecular complexity index is 839. The SMILES string of the molecule is COC(=O)C1=C(C(=O)OC)C2c3c(Cl)c(Cl)c(Cl)c(Cl)c3C1N2C(C)(C)C. The van der Waals surface area contributed by atoms with Gasteiger partial charge in [-0.3, -0.25) is 4.90 Å². The average Bonchev–Trinajstić information content (AvgIpc) is 3.14. The van der Waals surface area contributed by atoms with Gasteiger partial charge in [0.25, 0.3) is 0 Å². The predicted octanol–water partition coefficient (Wildman–Crippen LogP) is 5.15. The van der Waals surface area contributed by atoms with Crippen LogP contribution in [0.2, 0.25) is 20.1 Å². The molecule has 0 N–H and O–H groups in total. The second kappa shape index (κ2) is 6.82. The molecule has 2 aliphatic rings. The monoisotopic (exact) mass is 451 g/mol. The Morgan fingerprint density at radius 2 is 1.11 bits per heavy atom. The van der Waals surface area contributed by atoms with Gasteiger partial charge in [-0.05, 0) is 20.8 Å². The van der Waals surface area contributed by atoms with E-state index in [4.69, 9.17) is 55.9 Å². The summed E-state index contributed by atoms with van der Waals surface area (Å²) < 4.78 is 9.89. The maximum Gasteiger partial charge on any atom is 0.336 e. The summed E-state index contributed by atoms with van der Waals surface area (Å²) >= 11 is 25.5. The second-order valence-corrected chi connectivity index (χ2v) is 8.79. The van der Waals surface area contributed by atoms with E-state index < -0.39 is 29.6 Å². The first kappa shape index (κ1) is 20.7. The summed E-state index contributed by atoms with van der Waals surface area (Å²) in [6, 6.07) is -1.32. The van der Waals surface area contributed by atoms with Crippen LogP contribution in [0, 0.1) is 0 Å². The molecule has 2 atom stereocenters. The third-order valence-electron chi connectivity index (χ3n) is 4.87. The molecule has 1 aromatic carbocycles. The Kier molecular flexibility index (Phi) is 5.24. The van der Waals surface area contributed by atoms with Crippen molar-refractivity contribution in [3.63, 3.8) is 0 Å². The van der Waals surface area contributed by atoms with Crippen molar-refractivity contribution in [1.29, 1.82) is 0 Å². The molecular formula is C18H17Cl4NO4. The summed E-state index contributed by atoms with van der Waals surface area (Å²) in [6.45, 7) is 5.87. The van der Waals surface area contributed by atoms with Crippen molar-refractivity contribution in [1.82, 2.24) is 4.90 Å². The zero-order valence-corrected chi connectivity index (χ0v) is 18.3. The van der Waals surface area contributed by atoms with Gasteiger partial charge in [0, 0.05) is 16.7 Å². The molecule has 2 unspecified atom stereocenters. The maximum absolute atomic E-state index is 12.6. The Hall–Kier alpha value is -0.980. The van der Waals surface area contributed by atoms with Crippen LogP contribution in [0.3, 0.4) is 0 Å². The summed E-state index contributed by atoms with van der Waals surface area (Å²) in [5.41, 5.74) is 1.00. The number of carbonyl (C=O) groups excluding carboxylic acids is 2. The normalized spacial score (nSPS) is 21.5. The van der Waals surface area contributed by atoms with Gasteiger partial charge in [0.15, 0.2) is 0 Å². The first-order chi connectivity index (χ1) is 12.5. The number of ether oxygens (including phenoxy) is 2. The minimum atomic E-state index is -0.661. The number of esters is 2. The molecule has 2 heterocycles. The van der Waals surface area contributed by atoms with Gasteiger partial charge in [0.1, 0.15) is 0 Å². The highest BCUT2D eigenvalue weighted by Crippen LogP contribution is 2.64. The van der Waals surface area contributed by atoms with Crippen molar-refractivity contribution in [2.75, 3.05) is 14.2 Å². The molecule has 5 nitrogen and oxygen atoms in total. The molecule has 0 saturated heterocycles. The highest BCUT2D eigenvalue weighted by Gasteiger charge is 2.59. The fourth-order valence-electron chi connectivity index (χ4n) is 3.93. The lowest BCUT2D eigenvalue weighted by atomic mass is 9.85. The maximum atomic E-state index is 12.6. The topological polar surface area (TPSA) is 55.8 Å². The quantitative estimate of drug-likeness (QED) is 0.352. The lowest BCUT2D eigenvalue weighted by molar-refractivity contribution is -0.139. The highest BCUT2D eigenvalue weighted by atomic mass is 35.5. The first-order valence-electron chi connectivity index (χ1n) is 8.03. The number of fused-ring (bicyclic) bond motifs is 5. The number of nitrogens with zero attached hydrogens (tertiary/aromatic N) is 1. The van der Waals surface area contributed by atoms with Crippen LogP contribution in [0.25, 0.3) is 0 Å². The number of hydrogen-bond acceptors (Lipinski definition) is 5. The van der Waals surface area contributed by atoms with Gasteiger partial charge in [-0.1, -0.05) is 46.4 Å². The standard InChI is InChI=1S/C18H17Cl4NO4/c1-18(2,3)23-14-6-7(11(20)13(22)12(21)10(6)19)15(23)9(17(25)27-5)8(14)16(24)26-4/h14-15H,1-5H3. The third-order valence-corrected chi connectivity index (χ3v) is 6.70. The van der Waals surface area contributed by atoms with Crippen LogP contribution in [0.5, 0.6) is 0 Å². The van der Waals surface area contributed by atoms with Gasteiger partial charge in [-0.2, -0.15) is 0 Å². The highest BCUT2D eigenvalue weighted by molar-refractivity contribution is 6.52. The van der Waals surface area contributed by atoms with Gasteiger partial charge in [-0.25, -0.2) is 9.59 Å². The summed E-state index contributed by atoms with van der Waals surface area (Å²) in [6.07, 6.45) is 0. The van der Waals surface area contributed by atoms with E-state index in [0.29, 0.717) is 11.1 Å². The molecule has 0 aromatic heterocycles. The minimum Gasteiger partial charge on any atom is -0.466 e. The summed E-state index contributed by atoms with van der Waals surface area (Å²) in [4.78, 5) is 27.2. The summed E-state index contributed by atoms with van der Waals surface area (Å²) in [7, 11) is 2.50. The van der Waals surface area contributed by atoms with Crippen LogP contribution in [0.15, 0.2) is 11.1 Å². The van der Waals surface area contributed by atoms with E-state index in [1.54, 1.807) is 0 Å². The molecule has 0 amide bonds. The van der Waals surface area contributed by atoms with Crippen LogP contribution in [-0.4, -0.2) is 36.6 Å². The zero-order valence-electron chi connectivity index (χ0n) is 15.2. The fraction of sp³-hybridized carbons (Fsp3) is 0.444. The lowest BCUT2D eigenvalue weighted by Gasteiger charge is -2.37. The number of benzene rings is 1. The van der Waals surface area contributed by atoms with Crippen molar-refractivity contribution < 1.29 is 19.1 Å². The first-order valence-corrected chi connectivity index (χ1v) is 9.55. The molecule has 0 fully saturated rings. The number of carbonyl (C=O) groups is 2. The Balaban J connectivity index is 2.43. The fourth-order valence-corrected chi connectivity index (χ4v) is 5.02. The minimum absolute atomic E-state index is 0.104. The predicted molar refractivity (Wildman–Crippen MR) is 105 cm³/mol. The summed E-state index contributed by atoms with van der Waals surface area (Å²) in [5, 5.41) is 0.612. The van der Waals surface area contributed by atoms with Gasteiger partial charge >= 0.3 is 11.9 Å². The van der Waals surface area contributed by atoms with E-state index in [-0.39, 0.29) is 31.2 Å². The Labute approximate surface area is 177 Å². The van der Waals surface area contributed by atoms with Gasteiger partial charge < -0.3 is 9.47 Å². The Morgan fingerprint density at radius 1 is 0.778 bits per heavy atom. The molecule has 3 rings (SSSR count). The van der Waals surface area contributed by atoms with Gasteiger partial charge in [0.2, 0.25) is 0 Å². The number of rotatable bonds is 2. The van der Waals surface area contributed by atoms with Crippen molar-refractivity contribution >= 4 is 58.3 Å². The smallest absolute Gasteiger partial charge is 0.336 e. The van der Waals surface area contributed by atoms with Crippen molar-refractivity contribution in [3.8, 4) is 0 Å². The van der Waals surface area contributed by atoms with E-state index in [0.717, 1.165) is 0 Å². The van der Waals surface area contributed by atoms with E-state index >= 15 is 0 Å². The number of halogens is 4. The van der Waals surface area contributed by atoms with Crippen molar-refractivity contribution in [2.24, 2.45) is 0 Å². The molecule has 0 aliphatic carbocycles. The van der Waals surface area contributed by atoms with Crippen LogP contribution in [-0.2, 0) is 19.1 Å². The molecule has 2 aliphatic heterocycles. The number of hydrogen-bond donors (Lipinski definition) is 0. The van der Waals surface area contributed by atoms with E-state index in [9.17, 15) is 9.59 Å². The largest absolute Gasteiger partial charge is 0.466 e. The molecule has 0 radical (unpaired) electrons. The van der Waals surface area contributed by atoms with Crippen LogP contribution in [0.4, 0.5) is 0 Å². The summed E-state index contributed by atoms with van der Waals surface area (Å²) in [5.74, 6) is -1.28. The molecule has 0 spiro atoms. The van der Waals surface area contributed by atoms with E-state index in [1.807, 2.05) is 25.7 Å². The zero-order chi connectivity index (χ0) is 20.4. The lowest BCUT2D eigenvalue weighted by Crippen LogP contribution is -2.40. The van der Waals surface area contributed by atoms with Crippen LogP contribution in [0.1, 0.15) is 44.0 Å². The van der Waals surface area contributed by atoms with Gasteiger partial charge in [-0.15, -0.1) is 0 Å². The van der Waals surface area contributed by atoms with Gasteiger partial charge in [0.05, 0.1) is 57.5 Å². The van der Waals surface area contributed by atoms with E-state index in [1.165, 1.54) is 14.2 Å². The second-order valence-electron chi connectivity index (χ2n) is 7.28. The third kappa shape index (κ3) is 2.78. The average molecular weight is 453 g/mol. The van der Waals surface area contributed by atoms with Crippen LogP contribution >= 0.6 is 46.4 Å². The molecule has 9 heteroatoms. The molecule has 1 aromatic rings. The Morgan fingerprint density at radius 3 is 1.37 bits per heavy atom. The van der Waals surface area contributed by atoms with Crippen molar-refractivity contribution in [2.45, 2.75) is 38.4 Å². The van der Waals surface area contributed by atoms with Crippen molar-refractivity contribution in [3.05, 3.63) is 42.4 Å². The molecule has 2 bridgehead atoms. The number of methoxy groups -OCH3 is 2. The van der Waals surface area contributed by atoms with Crippen LogP contribution < -0.4 is 0 Å². The molecule has 146 valence electrons. The molecule has 0 saturated carbocycles. The molecule has 27 heavy (non-hydrogen) atoms.